The van der Waals surface area contributed by atoms with E-state index < -0.39 is 28.4 Å². The fraction of sp³-hybridized carbons (Fsp3) is 0.364. The molecule has 3 rings (SSSR count). The van der Waals surface area contributed by atoms with Gasteiger partial charge in [0.2, 0.25) is 10.4 Å². The smallest absolute Gasteiger partial charge is 0.358 e. The van der Waals surface area contributed by atoms with E-state index in [-0.39, 0.29) is 18.8 Å². The third-order valence-corrected chi connectivity index (χ3v) is 4.62. The number of ether oxygens (including phenoxy) is 1. The number of methoxy groups -OCH3 is 1. The third kappa shape index (κ3) is 2.81. The van der Waals surface area contributed by atoms with E-state index in [0.29, 0.717) is 15.5 Å². The van der Waals surface area contributed by atoms with Crippen LogP contribution in [-0.2, 0) is 19.4 Å². The molecule has 2 aliphatic heterocycles. The van der Waals surface area contributed by atoms with Gasteiger partial charge in [-0.1, -0.05) is 6.08 Å². The van der Waals surface area contributed by atoms with Crippen LogP contribution in [0, 0.1) is 0 Å². The highest BCUT2D eigenvalue weighted by Gasteiger charge is 2.45. The van der Waals surface area contributed by atoms with Crippen molar-refractivity contribution >= 4 is 39.3 Å². The molecule has 2 aliphatic rings. The van der Waals surface area contributed by atoms with Crippen LogP contribution in [0.3, 0.4) is 0 Å². The molecular formula is C11H10N3O7S2-. The number of aromatic nitrogens is 1. The number of thiazole rings is 1. The lowest BCUT2D eigenvalue weighted by atomic mass is 10.0. The molecule has 0 spiro atoms. The summed E-state index contributed by atoms with van der Waals surface area (Å²) in [6.07, 6.45) is 1.66. The topological polar surface area (TPSA) is 129 Å². The minimum absolute atomic E-state index is 0.0569. The van der Waals surface area contributed by atoms with Crippen LogP contribution in [0.5, 0.6) is 0 Å². The highest BCUT2D eigenvalue weighted by Crippen LogP contribution is 2.36. The van der Waals surface area contributed by atoms with Crippen LogP contribution < -0.4 is 0 Å². The fourth-order valence-electron chi connectivity index (χ4n) is 2.47. The molecule has 1 atom stereocenters. The van der Waals surface area contributed by atoms with Gasteiger partial charge in [0, 0.05) is 6.54 Å². The first-order valence-electron chi connectivity index (χ1n) is 6.27. The third-order valence-electron chi connectivity index (χ3n) is 3.41. The number of esters is 1. The van der Waals surface area contributed by atoms with Gasteiger partial charge in [-0.25, -0.2) is 23.0 Å². The molecule has 1 unspecified atom stereocenters. The minimum atomic E-state index is -5.11. The Morgan fingerprint density at radius 3 is 2.91 bits per heavy atom. The normalized spacial score (nSPS) is 20.7. The van der Waals surface area contributed by atoms with E-state index >= 15 is 0 Å². The quantitative estimate of drug-likeness (QED) is 0.411. The van der Waals surface area contributed by atoms with E-state index in [9.17, 15) is 22.6 Å². The number of nitrogens with zero attached hydrogens (tertiary/aromatic N) is 3. The van der Waals surface area contributed by atoms with Gasteiger partial charge in [0.25, 0.3) is 0 Å². The monoisotopic (exact) mass is 360 g/mol. The molecule has 1 saturated heterocycles. The zero-order chi connectivity index (χ0) is 16.8. The molecule has 124 valence electrons. The summed E-state index contributed by atoms with van der Waals surface area (Å²) in [5.41, 5.74) is 1.97. The summed E-state index contributed by atoms with van der Waals surface area (Å²) in [5.74, 6) is -0.655. The molecule has 0 aliphatic carbocycles. The van der Waals surface area contributed by atoms with Crippen molar-refractivity contribution in [3.8, 4) is 0 Å². The van der Waals surface area contributed by atoms with Crippen molar-refractivity contribution in [3.05, 3.63) is 22.2 Å². The second-order valence-electron chi connectivity index (χ2n) is 4.69. The summed E-state index contributed by atoms with van der Waals surface area (Å²) in [4.78, 5) is 29.5. The number of hydroxylamine groups is 2. The van der Waals surface area contributed by atoms with E-state index in [2.05, 4.69) is 14.0 Å². The van der Waals surface area contributed by atoms with E-state index in [1.54, 1.807) is 6.08 Å². The van der Waals surface area contributed by atoms with Gasteiger partial charge in [-0.3, -0.25) is 0 Å². The zero-order valence-electron chi connectivity index (χ0n) is 11.7. The Morgan fingerprint density at radius 2 is 2.26 bits per heavy atom. The Kier molecular flexibility index (Phi) is 3.83. The van der Waals surface area contributed by atoms with Crippen LogP contribution in [0.1, 0.15) is 15.4 Å². The SMILES string of the molecule is COC(=O)c1ncsc1C1=CCN2CC1N(OS(=O)(=O)[O-])C2=O. The van der Waals surface area contributed by atoms with E-state index in [1.165, 1.54) is 17.5 Å². The van der Waals surface area contributed by atoms with Crippen molar-refractivity contribution in [1.29, 1.82) is 0 Å². The maximum atomic E-state index is 12.0. The maximum absolute atomic E-state index is 12.0. The Hall–Kier alpha value is -2.02. The van der Waals surface area contributed by atoms with Crippen molar-refractivity contribution in [1.82, 2.24) is 14.9 Å². The van der Waals surface area contributed by atoms with E-state index in [1.807, 2.05) is 0 Å². The van der Waals surface area contributed by atoms with Gasteiger partial charge >= 0.3 is 12.0 Å². The van der Waals surface area contributed by atoms with Gasteiger partial charge in [0.05, 0.1) is 24.0 Å². The van der Waals surface area contributed by atoms with Gasteiger partial charge in [-0.05, 0) is 5.57 Å². The van der Waals surface area contributed by atoms with Crippen LogP contribution in [0.4, 0.5) is 4.79 Å². The Labute approximate surface area is 134 Å². The van der Waals surface area contributed by atoms with Crippen LogP contribution in [0.25, 0.3) is 5.57 Å². The predicted octanol–water partition coefficient (Wildman–Crippen LogP) is -0.175. The molecule has 0 N–H and O–H groups in total. The Morgan fingerprint density at radius 1 is 1.52 bits per heavy atom. The number of hydrogen-bond donors (Lipinski definition) is 0. The van der Waals surface area contributed by atoms with Gasteiger partial charge in [0.1, 0.15) is 6.04 Å². The number of rotatable bonds is 4. The van der Waals surface area contributed by atoms with Crippen molar-refractivity contribution in [2.75, 3.05) is 20.2 Å². The highest BCUT2D eigenvalue weighted by molar-refractivity contribution is 7.80. The summed E-state index contributed by atoms with van der Waals surface area (Å²) >= 11 is 1.14. The minimum Gasteiger partial charge on any atom is -0.724 e. The summed E-state index contributed by atoms with van der Waals surface area (Å²) in [6, 6.07) is -1.56. The maximum Gasteiger partial charge on any atom is 0.358 e. The average molecular weight is 360 g/mol. The first-order chi connectivity index (χ1) is 10.8. The van der Waals surface area contributed by atoms with Gasteiger partial charge < -0.3 is 14.2 Å². The van der Waals surface area contributed by atoms with Crippen molar-refractivity contribution in [2.24, 2.45) is 0 Å². The summed E-state index contributed by atoms with van der Waals surface area (Å²) < 4.78 is 41.4. The first kappa shape index (κ1) is 15.9. The first-order valence-corrected chi connectivity index (χ1v) is 8.49. The Bertz CT molecular complexity index is 800. The number of fused-ring (bicyclic) bond motifs is 2. The molecule has 0 saturated carbocycles. The summed E-state index contributed by atoms with van der Waals surface area (Å²) in [5, 5.41) is 0.516. The lowest BCUT2D eigenvalue weighted by Gasteiger charge is -2.24. The largest absolute Gasteiger partial charge is 0.724 e. The van der Waals surface area contributed by atoms with Crippen LogP contribution in [-0.4, -0.2) is 66.2 Å². The number of amides is 2. The lowest BCUT2D eigenvalue weighted by molar-refractivity contribution is -0.0171. The molecule has 1 fully saturated rings. The molecule has 2 amide bonds. The molecule has 3 heterocycles. The number of urea groups is 1. The van der Waals surface area contributed by atoms with Crippen molar-refractivity contribution in [2.45, 2.75) is 6.04 Å². The van der Waals surface area contributed by atoms with Gasteiger partial charge in [-0.2, -0.15) is 9.35 Å². The van der Waals surface area contributed by atoms with Crippen LogP contribution in [0.15, 0.2) is 11.6 Å². The predicted molar refractivity (Wildman–Crippen MR) is 74.8 cm³/mol. The van der Waals surface area contributed by atoms with Gasteiger partial charge in [-0.15, -0.1) is 11.3 Å². The molecule has 1 aromatic heterocycles. The molecule has 1 aromatic rings. The molecular weight excluding hydrogens is 350 g/mol. The number of hydrogen-bond acceptors (Lipinski definition) is 9. The Balaban J connectivity index is 1.99. The standard InChI is InChI=1S/C11H11N3O7S2/c1-20-10(15)8-9(22-5-12-8)6-2-3-13-4-7(6)14(11(13)16)21-23(17,18)19/h2,5,7H,3-4H2,1H3,(H,17,18,19)/p-1. The van der Waals surface area contributed by atoms with Crippen molar-refractivity contribution in [3.63, 3.8) is 0 Å². The molecule has 23 heavy (non-hydrogen) atoms. The second kappa shape index (κ2) is 5.56. The fourth-order valence-corrected chi connectivity index (χ4v) is 3.71. The number of carbonyl (C=O) groups excluding carboxylic acids is 2. The van der Waals surface area contributed by atoms with E-state index in [4.69, 9.17) is 0 Å². The molecule has 10 nitrogen and oxygen atoms in total. The second-order valence-corrected chi connectivity index (χ2v) is 6.51. The summed E-state index contributed by atoms with van der Waals surface area (Å²) in [6.45, 7) is 0.334. The van der Waals surface area contributed by atoms with E-state index in [0.717, 1.165) is 11.3 Å². The molecule has 12 heteroatoms. The molecule has 0 aromatic carbocycles. The lowest BCUT2D eigenvalue weighted by Crippen LogP contribution is -2.36. The zero-order valence-corrected chi connectivity index (χ0v) is 13.3. The van der Waals surface area contributed by atoms with Gasteiger partial charge in [0.15, 0.2) is 5.69 Å². The van der Waals surface area contributed by atoms with Crippen LogP contribution >= 0.6 is 11.3 Å². The average Bonchev–Trinajstić information content (AvgIpc) is 3.06. The van der Waals surface area contributed by atoms with Crippen LogP contribution in [0.2, 0.25) is 0 Å². The molecule has 2 bridgehead atoms. The van der Waals surface area contributed by atoms with Crippen molar-refractivity contribution < 1.29 is 31.6 Å². The molecule has 0 radical (unpaired) electrons. The highest BCUT2D eigenvalue weighted by atomic mass is 32.3. The summed E-state index contributed by atoms with van der Waals surface area (Å²) in [7, 11) is -3.90. The number of carbonyl (C=O) groups is 2.